The Morgan fingerprint density at radius 1 is 0.848 bits per heavy atom. The Bertz CT molecular complexity index is 1400. The second-order valence-electron chi connectivity index (χ2n) is 8.06. The molecule has 0 radical (unpaired) electrons. The minimum absolute atomic E-state index is 0.0678. The van der Waals surface area contributed by atoms with Crippen molar-refractivity contribution in [2.24, 2.45) is 0 Å². The van der Waals surface area contributed by atoms with Gasteiger partial charge < -0.3 is 14.6 Å². The summed E-state index contributed by atoms with van der Waals surface area (Å²) < 4.78 is 5.41. The van der Waals surface area contributed by atoms with E-state index in [1.807, 2.05) is 23.1 Å². The van der Waals surface area contributed by atoms with E-state index in [4.69, 9.17) is 4.42 Å². The third-order valence-electron chi connectivity index (χ3n) is 5.90. The van der Waals surface area contributed by atoms with Gasteiger partial charge >= 0.3 is 5.63 Å². The van der Waals surface area contributed by atoms with Crippen LogP contribution in [0.5, 0.6) is 0 Å². The van der Waals surface area contributed by atoms with Gasteiger partial charge in [-0.1, -0.05) is 42.5 Å². The number of amides is 2. The normalized spacial score (nSPS) is 13.3. The van der Waals surface area contributed by atoms with Crippen LogP contribution in [0.2, 0.25) is 0 Å². The number of carbonyl (C=O) groups excluding carboxylic acids is 2. The molecule has 164 valence electrons. The predicted octanol–water partition coefficient (Wildman–Crippen LogP) is 4.95. The Morgan fingerprint density at radius 2 is 1.55 bits per heavy atom. The first-order valence-electron chi connectivity index (χ1n) is 10.9. The largest absolute Gasteiger partial charge is 0.422 e. The van der Waals surface area contributed by atoms with Gasteiger partial charge in [-0.25, -0.2) is 4.79 Å². The van der Waals surface area contributed by atoms with Crippen LogP contribution in [0.15, 0.2) is 88.1 Å². The molecule has 6 heteroatoms. The lowest BCUT2D eigenvalue weighted by atomic mass is 10.0. The van der Waals surface area contributed by atoms with Gasteiger partial charge in [-0.05, 0) is 54.8 Å². The Hall–Kier alpha value is -4.19. The van der Waals surface area contributed by atoms with Crippen molar-refractivity contribution in [2.45, 2.75) is 12.8 Å². The molecule has 33 heavy (non-hydrogen) atoms. The van der Waals surface area contributed by atoms with Crippen LogP contribution >= 0.6 is 0 Å². The first-order valence-corrected chi connectivity index (χ1v) is 10.9. The van der Waals surface area contributed by atoms with E-state index in [1.165, 1.54) is 0 Å². The lowest BCUT2D eigenvalue weighted by molar-refractivity contribution is 0.0794. The smallest absolute Gasteiger partial charge is 0.344 e. The first-order chi connectivity index (χ1) is 16.1. The fourth-order valence-electron chi connectivity index (χ4n) is 4.13. The van der Waals surface area contributed by atoms with E-state index in [-0.39, 0.29) is 11.8 Å². The molecule has 5 rings (SSSR count). The number of hydrogen-bond acceptors (Lipinski definition) is 4. The highest BCUT2D eigenvalue weighted by atomic mass is 16.4. The van der Waals surface area contributed by atoms with Crippen molar-refractivity contribution < 1.29 is 14.0 Å². The highest BCUT2D eigenvalue weighted by Gasteiger charge is 2.22. The third-order valence-corrected chi connectivity index (χ3v) is 5.90. The second-order valence-corrected chi connectivity index (χ2v) is 8.06. The van der Waals surface area contributed by atoms with Crippen LogP contribution in [0.1, 0.15) is 33.6 Å². The molecule has 1 aliphatic rings. The summed E-state index contributed by atoms with van der Waals surface area (Å²) in [6.07, 6.45) is 2.00. The number of anilines is 1. The summed E-state index contributed by atoms with van der Waals surface area (Å²) in [5, 5.41) is 3.69. The molecule has 4 aromatic rings. The Balaban J connectivity index is 1.38. The molecular formula is C27H22N2O4. The lowest BCUT2D eigenvalue weighted by Crippen LogP contribution is -2.28. The molecular weight excluding hydrogens is 416 g/mol. The number of nitrogens with one attached hydrogen (secondary N) is 1. The zero-order chi connectivity index (χ0) is 22.8. The van der Waals surface area contributed by atoms with E-state index in [0.717, 1.165) is 31.3 Å². The third kappa shape index (κ3) is 4.15. The van der Waals surface area contributed by atoms with Crippen molar-refractivity contribution in [3.8, 4) is 11.1 Å². The van der Waals surface area contributed by atoms with Crippen molar-refractivity contribution >= 4 is 28.5 Å². The summed E-state index contributed by atoms with van der Waals surface area (Å²) in [6.45, 7) is 1.48. The van der Waals surface area contributed by atoms with E-state index < -0.39 is 5.63 Å². The monoisotopic (exact) mass is 438 g/mol. The minimum Gasteiger partial charge on any atom is -0.422 e. The molecule has 0 atom stereocenters. The van der Waals surface area contributed by atoms with Gasteiger partial charge in [-0.2, -0.15) is 0 Å². The highest BCUT2D eigenvalue weighted by Crippen LogP contribution is 2.23. The highest BCUT2D eigenvalue weighted by molar-refractivity contribution is 6.09. The van der Waals surface area contributed by atoms with Gasteiger partial charge in [0.1, 0.15) is 5.58 Å². The van der Waals surface area contributed by atoms with Gasteiger partial charge in [0.2, 0.25) is 0 Å². The maximum absolute atomic E-state index is 12.9. The molecule has 0 aliphatic carbocycles. The van der Waals surface area contributed by atoms with E-state index in [9.17, 15) is 14.4 Å². The van der Waals surface area contributed by atoms with Crippen LogP contribution in [0, 0.1) is 0 Å². The SMILES string of the molecule is O=C(Nc1ccccc1C(=O)N1CCCC1)c1ccc(-c2cc3ccccc3oc2=O)cc1. The number of rotatable bonds is 4. The summed E-state index contributed by atoms with van der Waals surface area (Å²) in [5.74, 6) is -0.393. The number of para-hydroxylation sites is 2. The molecule has 2 heterocycles. The van der Waals surface area contributed by atoms with E-state index in [1.54, 1.807) is 60.7 Å². The molecule has 0 unspecified atom stereocenters. The number of carbonyl (C=O) groups is 2. The zero-order valence-electron chi connectivity index (χ0n) is 17.9. The Labute approximate surface area is 190 Å². The second kappa shape index (κ2) is 8.74. The summed E-state index contributed by atoms with van der Waals surface area (Å²) in [7, 11) is 0. The first kappa shape index (κ1) is 20.7. The number of fused-ring (bicyclic) bond motifs is 1. The van der Waals surface area contributed by atoms with Gasteiger partial charge in [0.15, 0.2) is 0 Å². The standard InChI is InChI=1S/C27H22N2O4/c30-25(28-23-9-3-2-8-21(23)26(31)29-15-5-6-16-29)19-13-11-18(12-14-19)22-17-20-7-1-4-10-24(20)33-27(22)32/h1-4,7-14,17H,5-6,15-16H2,(H,28,30). The fraction of sp³-hybridized carbons (Fsp3) is 0.148. The summed E-state index contributed by atoms with van der Waals surface area (Å²) in [5.41, 5.74) is 2.59. The number of benzene rings is 3. The summed E-state index contributed by atoms with van der Waals surface area (Å²) in [4.78, 5) is 40.0. The maximum atomic E-state index is 12.9. The maximum Gasteiger partial charge on any atom is 0.344 e. The molecule has 1 N–H and O–H groups in total. The van der Waals surface area contributed by atoms with Gasteiger partial charge in [-0.15, -0.1) is 0 Å². The van der Waals surface area contributed by atoms with Crippen LogP contribution in [-0.2, 0) is 0 Å². The van der Waals surface area contributed by atoms with Crippen molar-refractivity contribution in [1.82, 2.24) is 4.90 Å². The molecule has 6 nitrogen and oxygen atoms in total. The van der Waals surface area contributed by atoms with Crippen LogP contribution < -0.4 is 10.9 Å². The minimum atomic E-state index is -0.430. The fourth-order valence-corrected chi connectivity index (χ4v) is 4.13. The van der Waals surface area contributed by atoms with Gasteiger partial charge in [0, 0.05) is 24.0 Å². The average Bonchev–Trinajstić information content (AvgIpc) is 3.39. The van der Waals surface area contributed by atoms with Crippen LogP contribution in [0.25, 0.3) is 22.1 Å². The number of hydrogen-bond donors (Lipinski definition) is 1. The topological polar surface area (TPSA) is 79.6 Å². The van der Waals surface area contributed by atoms with Crippen LogP contribution in [-0.4, -0.2) is 29.8 Å². The van der Waals surface area contributed by atoms with Gasteiger partial charge in [-0.3, -0.25) is 9.59 Å². The number of likely N-dealkylation sites (tertiary alicyclic amines) is 1. The molecule has 1 aliphatic heterocycles. The number of nitrogens with zero attached hydrogens (tertiary/aromatic N) is 1. The van der Waals surface area contributed by atoms with Gasteiger partial charge in [0.25, 0.3) is 11.8 Å². The van der Waals surface area contributed by atoms with Gasteiger partial charge in [0.05, 0.1) is 16.8 Å². The molecule has 2 amide bonds. The van der Waals surface area contributed by atoms with E-state index in [2.05, 4.69) is 5.32 Å². The van der Waals surface area contributed by atoms with E-state index in [0.29, 0.717) is 33.5 Å². The molecule has 1 saturated heterocycles. The summed E-state index contributed by atoms with van der Waals surface area (Å²) >= 11 is 0. The van der Waals surface area contributed by atoms with Crippen molar-refractivity contribution in [1.29, 1.82) is 0 Å². The van der Waals surface area contributed by atoms with Crippen LogP contribution in [0.3, 0.4) is 0 Å². The van der Waals surface area contributed by atoms with Crippen molar-refractivity contribution in [3.63, 3.8) is 0 Å². The molecule has 3 aromatic carbocycles. The van der Waals surface area contributed by atoms with Crippen molar-refractivity contribution in [2.75, 3.05) is 18.4 Å². The van der Waals surface area contributed by atoms with Crippen LogP contribution in [0.4, 0.5) is 5.69 Å². The quantitative estimate of drug-likeness (QED) is 0.457. The van der Waals surface area contributed by atoms with E-state index >= 15 is 0 Å². The Kier molecular flexibility index (Phi) is 5.48. The predicted molar refractivity (Wildman–Crippen MR) is 127 cm³/mol. The molecule has 0 spiro atoms. The average molecular weight is 438 g/mol. The lowest BCUT2D eigenvalue weighted by Gasteiger charge is -2.18. The Morgan fingerprint density at radius 3 is 2.33 bits per heavy atom. The molecule has 1 aromatic heterocycles. The molecule has 0 bridgehead atoms. The van der Waals surface area contributed by atoms with Crippen molar-refractivity contribution in [3.05, 3.63) is 100 Å². The summed E-state index contributed by atoms with van der Waals surface area (Å²) in [6, 6.07) is 22.9. The molecule has 1 fully saturated rings. The molecule has 0 saturated carbocycles. The zero-order valence-corrected chi connectivity index (χ0v) is 17.9.